The topological polar surface area (TPSA) is 79.5 Å². The van der Waals surface area contributed by atoms with Crippen molar-refractivity contribution in [2.45, 2.75) is 51.1 Å². The molecule has 0 radical (unpaired) electrons. The zero-order valence-corrected chi connectivity index (χ0v) is 11.1. The van der Waals surface area contributed by atoms with Crippen LogP contribution in [0.2, 0.25) is 0 Å². The first-order valence-electron chi connectivity index (χ1n) is 6.94. The van der Waals surface area contributed by atoms with Crippen molar-refractivity contribution in [1.82, 2.24) is 15.0 Å². The van der Waals surface area contributed by atoms with Gasteiger partial charge in [-0.25, -0.2) is 0 Å². The summed E-state index contributed by atoms with van der Waals surface area (Å²) in [6, 6.07) is -0.440. The van der Waals surface area contributed by atoms with E-state index in [1.165, 1.54) is 0 Å². The highest BCUT2D eigenvalue weighted by Gasteiger charge is 2.35. The van der Waals surface area contributed by atoms with Gasteiger partial charge in [-0.2, -0.15) is 4.98 Å². The smallest absolute Gasteiger partial charge is 0.321 e. The lowest BCUT2D eigenvalue weighted by atomic mass is 9.91. The van der Waals surface area contributed by atoms with E-state index in [0.29, 0.717) is 18.4 Å². The second kappa shape index (κ2) is 4.92. The maximum atomic E-state index is 11.4. The summed E-state index contributed by atoms with van der Waals surface area (Å²) < 4.78 is 5.24. The molecule has 1 aromatic rings. The van der Waals surface area contributed by atoms with E-state index in [0.717, 1.165) is 38.1 Å². The van der Waals surface area contributed by atoms with Crippen LogP contribution < -0.4 is 0 Å². The van der Waals surface area contributed by atoms with Gasteiger partial charge in [-0.3, -0.25) is 9.69 Å². The van der Waals surface area contributed by atoms with Crippen molar-refractivity contribution in [2.75, 3.05) is 6.54 Å². The number of carboxylic acids is 1. The molecule has 19 heavy (non-hydrogen) atoms. The van der Waals surface area contributed by atoms with E-state index in [4.69, 9.17) is 4.52 Å². The molecule has 2 fully saturated rings. The summed E-state index contributed by atoms with van der Waals surface area (Å²) in [5.41, 5.74) is 0. The monoisotopic (exact) mass is 265 g/mol. The van der Waals surface area contributed by atoms with Gasteiger partial charge in [-0.05, 0) is 38.1 Å². The Morgan fingerprint density at radius 2 is 2.26 bits per heavy atom. The number of likely N-dealkylation sites (tertiary alicyclic amines) is 1. The Morgan fingerprint density at radius 1 is 1.47 bits per heavy atom. The van der Waals surface area contributed by atoms with Crippen LogP contribution in [0.4, 0.5) is 0 Å². The molecule has 1 aliphatic carbocycles. The molecule has 1 saturated heterocycles. The van der Waals surface area contributed by atoms with Crippen molar-refractivity contribution in [1.29, 1.82) is 0 Å². The van der Waals surface area contributed by atoms with Gasteiger partial charge in [0, 0.05) is 5.92 Å². The van der Waals surface area contributed by atoms with Crippen LogP contribution in [0, 0.1) is 5.92 Å². The van der Waals surface area contributed by atoms with Crippen molar-refractivity contribution >= 4 is 5.97 Å². The molecule has 2 unspecified atom stereocenters. The van der Waals surface area contributed by atoms with E-state index in [2.05, 4.69) is 10.1 Å². The molecule has 3 rings (SSSR count). The van der Waals surface area contributed by atoms with Crippen molar-refractivity contribution in [2.24, 2.45) is 5.92 Å². The fourth-order valence-electron chi connectivity index (χ4n) is 2.86. The molecule has 0 spiro atoms. The van der Waals surface area contributed by atoms with Crippen LogP contribution in [0.3, 0.4) is 0 Å². The van der Waals surface area contributed by atoms with Gasteiger partial charge in [0.05, 0.1) is 6.54 Å². The molecule has 2 atom stereocenters. The molecule has 6 nitrogen and oxygen atoms in total. The van der Waals surface area contributed by atoms with Crippen molar-refractivity contribution in [3.05, 3.63) is 11.7 Å². The highest BCUT2D eigenvalue weighted by atomic mass is 16.5. The molecule has 0 aromatic carbocycles. The lowest BCUT2D eigenvalue weighted by Gasteiger charge is -2.36. The van der Waals surface area contributed by atoms with Gasteiger partial charge in [0.2, 0.25) is 5.89 Å². The largest absolute Gasteiger partial charge is 0.480 e. The van der Waals surface area contributed by atoms with Crippen LogP contribution in [0.15, 0.2) is 4.52 Å². The van der Waals surface area contributed by atoms with Gasteiger partial charge in [-0.1, -0.05) is 12.1 Å². The normalized spacial score (nSPS) is 28.5. The minimum atomic E-state index is -0.755. The van der Waals surface area contributed by atoms with Crippen LogP contribution in [0.5, 0.6) is 0 Å². The molecule has 1 saturated carbocycles. The van der Waals surface area contributed by atoms with Gasteiger partial charge in [0.1, 0.15) is 6.04 Å². The fraction of sp³-hybridized carbons (Fsp3) is 0.769. The van der Waals surface area contributed by atoms with Crippen molar-refractivity contribution in [3.63, 3.8) is 0 Å². The molecule has 1 N–H and O–H groups in total. The van der Waals surface area contributed by atoms with Gasteiger partial charge in [0.25, 0.3) is 0 Å². The standard InChI is InChI=1S/C13H19N3O3/c1-8-3-2-6-16(11(8)13(17)18)7-10-14-12(15-19-10)9-4-5-9/h8-9,11H,2-7H2,1H3,(H,17,18). The van der Waals surface area contributed by atoms with Crippen LogP contribution in [0.1, 0.15) is 50.2 Å². The molecule has 0 amide bonds. The highest BCUT2D eigenvalue weighted by molar-refractivity contribution is 5.74. The summed E-state index contributed by atoms with van der Waals surface area (Å²) in [7, 11) is 0. The first-order valence-corrected chi connectivity index (χ1v) is 6.94. The Balaban J connectivity index is 1.70. The van der Waals surface area contributed by atoms with Gasteiger partial charge in [-0.15, -0.1) is 0 Å². The summed E-state index contributed by atoms with van der Waals surface area (Å²) in [5.74, 6) is 1.20. The predicted octanol–water partition coefficient (Wildman–Crippen LogP) is 1.63. The maximum absolute atomic E-state index is 11.4. The number of rotatable bonds is 4. The molecule has 1 aliphatic heterocycles. The van der Waals surface area contributed by atoms with Crippen LogP contribution >= 0.6 is 0 Å². The summed E-state index contributed by atoms with van der Waals surface area (Å²) in [4.78, 5) is 17.7. The lowest BCUT2D eigenvalue weighted by Crippen LogP contribution is -2.48. The van der Waals surface area contributed by atoms with Crippen molar-refractivity contribution in [3.8, 4) is 0 Å². The third-order valence-electron chi connectivity index (χ3n) is 4.05. The number of hydrogen-bond acceptors (Lipinski definition) is 5. The van der Waals surface area contributed by atoms with Gasteiger partial charge < -0.3 is 9.63 Å². The molecule has 1 aromatic heterocycles. The Bertz CT molecular complexity index is 469. The van der Waals surface area contributed by atoms with Gasteiger partial charge in [0.15, 0.2) is 5.82 Å². The van der Waals surface area contributed by atoms with E-state index < -0.39 is 12.0 Å². The Kier molecular flexibility index (Phi) is 3.26. The predicted molar refractivity (Wildman–Crippen MR) is 66.5 cm³/mol. The van der Waals surface area contributed by atoms with E-state index in [1.807, 2.05) is 11.8 Å². The molecule has 2 heterocycles. The second-order valence-electron chi connectivity index (χ2n) is 5.69. The molecule has 2 aliphatic rings. The maximum Gasteiger partial charge on any atom is 0.321 e. The molecule has 0 bridgehead atoms. The quantitative estimate of drug-likeness (QED) is 0.891. The third-order valence-corrected chi connectivity index (χ3v) is 4.05. The third kappa shape index (κ3) is 2.63. The Morgan fingerprint density at radius 3 is 2.95 bits per heavy atom. The number of carboxylic acid groups (broad SMARTS) is 1. The SMILES string of the molecule is CC1CCCN(Cc2nc(C3CC3)no2)C1C(=O)O. The number of aliphatic carboxylic acids is 1. The first-order chi connectivity index (χ1) is 9.15. The minimum Gasteiger partial charge on any atom is -0.480 e. The van der Waals surface area contributed by atoms with Crippen molar-refractivity contribution < 1.29 is 14.4 Å². The number of hydrogen-bond donors (Lipinski definition) is 1. The molecule has 104 valence electrons. The summed E-state index contributed by atoms with van der Waals surface area (Å²) in [6.45, 7) is 3.22. The van der Waals surface area contributed by atoms with Crippen LogP contribution in [0.25, 0.3) is 0 Å². The Labute approximate surface area is 111 Å². The first kappa shape index (κ1) is 12.6. The Hall–Kier alpha value is -1.43. The summed E-state index contributed by atoms with van der Waals surface area (Å²) in [6.07, 6.45) is 4.26. The summed E-state index contributed by atoms with van der Waals surface area (Å²) in [5, 5.41) is 13.3. The van der Waals surface area contributed by atoms with Crippen LogP contribution in [-0.2, 0) is 11.3 Å². The lowest BCUT2D eigenvalue weighted by molar-refractivity contribution is -0.147. The average Bonchev–Trinajstić information content (AvgIpc) is 3.10. The minimum absolute atomic E-state index is 0.164. The van der Waals surface area contributed by atoms with E-state index >= 15 is 0 Å². The van der Waals surface area contributed by atoms with E-state index in [-0.39, 0.29) is 5.92 Å². The zero-order chi connectivity index (χ0) is 13.4. The second-order valence-corrected chi connectivity index (χ2v) is 5.69. The average molecular weight is 265 g/mol. The molecule has 6 heteroatoms. The van der Waals surface area contributed by atoms with E-state index in [9.17, 15) is 9.90 Å². The highest BCUT2D eigenvalue weighted by Crippen LogP contribution is 2.38. The van der Waals surface area contributed by atoms with Gasteiger partial charge >= 0.3 is 5.97 Å². The zero-order valence-electron chi connectivity index (χ0n) is 11.1. The number of piperidine rings is 1. The number of nitrogens with zero attached hydrogens (tertiary/aromatic N) is 3. The molecular weight excluding hydrogens is 246 g/mol. The van der Waals surface area contributed by atoms with E-state index in [1.54, 1.807) is 0 Å². The fourth-order valence-corrected chi connectivity index (χ4v) is 2.86. The van der Waals surface area contributed by atoms with Crippen LogP contribution in [-0.4, -0.2) is 38.7 Å². The number of aromatic nitrogens is 2. The molecular formula is C13H19N3O3. The summed E-state index contributed by atoms with van der Waals surface area (Å²) >= 11 is 0. The number of carbonyl (C=O) groups is 1.